The zero-order chi connectivity index (χ0) is 14.0. The van der Waals surface area contributed by atoms with Crippen LogP contribution in [0.2, 0.25) is 5.02 Å². The van der Waals surface area contributed by atoms with E-state index in [4.69, 9.17) is 17.3 Å². The Morgan fingerprint density at radius 2 is 2.00 bits per heavy atom. The van der Waals surface area contributed by atoms with Gasteiger partial charge in [0.15, 0.2) is 0 Å². The number of hydrogen-bond donors (Lipinski definition) is 1. The second kappa shape index (κ2) is 5.88. The highest BCUT2D eigenvalue weighted by atomic mass is 35.5. The van der Waals surface area contributed by atoms with E-state index in [2.05, 4.69) is 0 Å². The molecule has 0 bridgehead atoms. The normalized spacial score (nSPS) is 23.2. The highest BCUT2D eigenvalue weighted by molar-refractivity contribution is 6.33. The van der Waals surface area contributed by atoms with Crippen molar-refractivity contribution in [2.75, 3.05) is 7.05 Å². The number of carbonyl (C=O) groups excluding carboxylic acids is 1. The van der Waals surface area contributed by atoms with Crippen molar-refractivity contribution in [1.82, 2.24) is 4.90 Å². The van der Waals surface area contributed by atoms with Crippen LogP contribution in [0.5, 0.6) is 0 Å². The van der Waals surface area contributed by atoms with Gasteiger partial charge in [0.1, 0.15) is 5.82 Å². The molecule has 0 heterocycles. The fourth-order valence-corrected chi connectivity index (χ4v) is 2.76. The second-order valence-electron chi connectivity index (χ2n) is 5.11. The minimum Gasteiger partial charge on any atom is -0.339 e. The van der Waals surface area contributed by atoms with E-state index in [9.17, 15) is 9.18 Å². The van der Waals surface area contributed by atoms with Gasteiger partial charge >= 0.3 is 0 Å². The van der Waals surface area contributed by atoms with Gasteiger partial charge in [-0.05, 0) is 43.9 Å². The molecule has 0 atom stereocenters. The van der Waals surface area contributed by atoms with Crippen molar-refractivity contribution in [2.45, 2.75) is 37.8 Å². The molecule has 1 aliphatic carbocycles. The van der Waals surface area contributed by atoms with Crippen LogP contribution in [0.1, 0.15) is 36.0 Å². The van der Waals surface area contributed by atoms with Crippen LogP contribution in [0, 0.1) is 5.82 Å². The molecule has 1 fully saturated rings. The molecular formula is C14H18ClFN2O. The highest BCUT2D eigenvalue weighted by Crippen LogP contribution is 2.25. The van der Waals surface area contributed by atoms with Crippen LogP contribution in [-0.4, -0.2) is 29.9 Å². The van der Waals surface area contributed by atoms with Crippen molar-refractivity contribution in [3.05, 3.63) is 34.6 Å². The average Bonchev–Trinajstić information content (AvgIpc) is 2.38. The largest absolute Gasteiger partial charge is 0.339 e. The Labute approximate surface area is 117 Å². The molecule has 19 heavy (non-hydrogen) atoms. The van der Waals surface area contributed by atoms with Crippen molar-refractivity contribution in [1.29, 1.82) is 0 Å². The van der Waals surface area contributed by atoms with Crippen LogP contribution < -0.4 is 5.73 Å². The monoisotopic (exact) mass is 284 g/mol. The summed E-state index contributed by atoms with van der Waals surface area (Å²) in [5, 5.41) is 0.157. The first kappa shape index (κ1) is 14.3. The van der Waals surface area contributed by atoms with E-state index in [0.29, 0.717) is 5.56 Å². The molecule has 0 unspecified atom stereocenters. The van der Waals surface area contributed by atoms with Gasteiger partial charge in [-0.25, -0.2) is 4.39 Å². The molecule has 1 aliphatic rings. The van der Waals surface area contributed by atoms with Crippen molar-refractivity contribution in [3.8, 4) is 0 Å². The van der Waals surface area contributed by atoms with Gasteiger partial charge in [0.25, 0.3) is 5.91 Å². The lowest BCUT2D eigenvalue weighted by atomic mass is 9.90. The first-order chi connectivity index (χ1) is 8.99. The van der Waals surface area contributed by atoms with Crippen molar-refractivity contribution in [2.24, 2.45) is 5.73 Å². The van der Waals surface area contributed by atoms with E-state index in [1.807, 2.05) is 0 Å². The molecule has 0 saturated heterocycles. The summed E-state index contributed by atoms with van der Waals surface area (Å²) in [6.45, 7) is 0. The molecule has 2 rings (SSSR count). The van der Waals surface area contributed by atoms with Gasteiger partial charge < -0.3 is 10.6 Å². The van der Waals surface area contributed by atoms with E-state index >= 15 is 0 Å². The molecule has 0 radical (unpaired) electrons. The van der Waals surface area contributed by atoms with Crippen LogP contribution in [-0.2, 0) is 0 Å². The SMILES string of the molecule is CN(C(=O)c1ccc(F)cc1Cl)C1CCC(N)CC1. The third-order valence-corrected chi connectivity index (χ3v) is 4.08. The Morgan fingerprint density at radius 3 is 2.58 bits per heavy atom. The summed E-state index contributed by atoms with van der Waals surface area (Å²) in [4.78, 5) is 14.0. The molecule has 0 spiro atoms. The molecular weight excluding hydrogens is 267 g/mol. The summed E-state index contributed by atoms with van der Waals surface area (Å²) < 4.78 is 13.0. The number of hydrogen-bond acceptors (Lipinski definition) is 2. The van der Waals surface area contributed by atoms with Crippen LogP contribution >= 0.6 is 11.6 Å². The van der Waals surface area contributed by atoms with Crippen LogP contribution in [0.25, 0.3) is 0 Å². The summed E-state index contributed by atoms with van der Waals surface area (Å²) >= 11 is 5.92. The van der Waals surface area contributed by atoms with Gasteiger partial charge in [-0.1, -0.05) is 11.6 Å². The molecule has 0 aromatic heterocycles. The zero-order valence-corrected chi connectivity index (χ0v) is 11.7. The maximum atomic E-state index is 13.0. The summed E-state index contributed by atoms with van der Waals surface area (Å²) in [5.41, 5.74) is 6.21. The summed E-state index contributed by atoms with van der Waals surface area (Å²) in [7, 11) is 1.77. The fourth-order valence-electron chi connectivity index (χ4n) is 2.51. The van der Waals surface area contributed by atoms with E-state index in [1.165, 1.54) is 18.2 Å². The van der Waals surface area contributed by atoms with Gasteiger partial charge in [-0.3, -0.25) is 4.79 Å². The second-order valence-corrected chi connectivity index (χ2v) is 5.52. The summed E-state index contributed by atoms with van der Waals surface area (Å²) in [6.07, 6.45) is 3.67. The maximum absolute atomic E-state index is 13.0. The molecule has 1 aromatic rings. The van der Waals surface area contributed by atoms with E-state index < -0.39 is 5.82 Å². The van der Waals surface area contributed by atoms with E-state index in [1.54, 1.807) is 11.9 Å². The van der Waals surface area contributed by atoms with Crippen LogP contribution in [0.4, 0.5) is 4.39 Å². The molecule has 1 aromatic carbocycles. The number of benzene rings is 1. The number of carbonyl (C=O) groups is 1. The Hall–Kier alpha value is -1.13. The first-order valence-corrected chi connectivity index (χ1v) is 6.84. The molecule has 2 N–H and O–H groups in total. The smallest absolute Gasteiger partial charge is 0.255 e. The molecule has 0 aliphatic heterocycles. The Balaban J connectivity index is 2.10. The van der Waals surface area contributed by atoms with Crippen molar-refractivity contribution in [3.63, 3.8) is 0 Å². The summed E-state index contributed by atoms with van der Waals surface area (Å²) in [6, 6.07) is 4.29. The minimum absolute atomic E-state index is 0.157. The predicted octanol–water partition coefficient (Wildman–Crippen LogP) is 2.82. The van der Waals surface area contributed by atoms with Gasteiger partial charge in [-0.2, -0.15) is 0 Å². The number of nitrogens with zero attached hydrogens (tertiary/aromatic N) is 1. The lowest BCUT2D eigenvalue weighted by Crippen LogP contribution is -2.41. The molecule has 1 amide bonds. The first-order valence-electron chi connectivity index (χ1n) is 6.47. The standard InChI is InChI=1S/C14H18ClFN2O/c1-18(11-5-3-10(17)4-6-11)14(19)12-7-2-9(16)8-13(12)15/h2,7-8,10-11H,3-6,17H2,1H3. The summed E-state index contributed by atoms with van der Waals surface area (Å²) in [5.74, 6) is -0.599. The number of rotatable bonds is 2. The molecule has 5 heteroatoms. The van der Waals surface area contributed by atoms with Gasteiger partial charge in [0.2, 0.25) is 0 Å². The van der Waals surface area contributed by atoms with Crippen molar-refractivity contribution >= 4 is 17.5 Å². The van der Waals surface area contributed by atoms with Gasteiger partial charge in [-0.15, -0.1) is 0 Å². The Kier molecular flexibility index (Phi) is 4.42. The number of nitrogens with two attached hydrogens (primary N) is 1. The Bertz CT molecular complexity index is 473. The lowest BCUT2D eigenvalue weighted by Gasteiger charge is -2.33. The molecule has 1 saturated carbocycles. The fraction of sp³-hybridized carbons (Fsp3) is 0.500. The predicted molar refractivity (Wildman–Crippen MR) is 73.7 cm³/mol. The van der Waals surface area contributed by atoms with Crippen LogP contribution in [0.15, 0.2) is 18.2 Å². The van der Waals surface area contributed by atoms with E-state index in [-0.39, 0.29) is 23.0 Å². The topological polar surface area (TPSA) is 46.3 Å². The highest BCUT2D eigenvalue weighted by Gasteiger charge is 2.26. The quantitative estimate of drug-likeness (QED) is 0.908. The number of amides is 1. The molecule has 3 nitrogen and oxygen atoms in total. The zero-order valence-electron chi connectivity index (χ0n) is 10.9. The minimum atomic E-state index is -0.437. The lowest BCUT2D eigenvalue weighted by molar-refractivity contribution is 0.0690. The average molecular weight is 285 g/mol. The third-order valence-electron chi connectivity index (χ3n) is 3.77. The Morgan fingerprint density at radius 1 is 1.37 bits per heavy atom. The van der Waals surface area contributed by atoms with Gasteiger partial charge in [0.05, 0.1) is 10.6 Å². The molecule has 104 valence electrons. The van der Waals surface area contributed by atoms with E-state index in [0.717, 1.165) is 25.7 Å². The number of halogens is 2. The maximum Gasteiger partial charge on any atom is 0.255 e. The third kappa shape index (κ3) is 3.25. The van der Waals surface area contributed by atoms with Crippen LogP contribution in [0.3, 0.4) is 0 Å². The van der Waals surface area contributed by atoms with Crippen molar-refractivity contribution < 1.29 is 9.18 Å². The van der Waals surface area contributed by atoms with Gasteiger partial charge in [0, 0.05) is 19.1 Å².